The molecule has 22 heavy (non-hydrogen) atoms. The number of rotatable bonds is 3. The van der Waals surface area contributed by atoms with E-state index in [9.17, 15) is 14.9 Å². The van der Waals surface area contributed by atoms with E-state index in [-0.39, 0.29) is 5.69 Å². The number of nitrogens with zero attached hydrogens (tertiary/aromatic N) is 1. The Morgan fingerprint density at radius 2 is 1.82 bits per heavy atom. The summed E-state index contributed by atoms with van der Waals surface area (Å²) in [5, 5.41) is 16.6. The third-order valence-corrected chi connectivity index (χ3v) is 3.59. The van der Waals surface area contributed by atoms with Gasteiger partial charge >= 0.3 is 6.03 Å². The van der Waals surface area contributed by atoms with Crippen LogP contribution >= 0.6 is 11.6 Å². The summed E-state index contributed by atoms with van der Waals surface area (Å²) < 4.78 is 0. The van der Waals surface area contributed by atoms with Crippen LogP contribution in [0.25, 0.3) is 0 Å². The van der Waals surface area contributed by atoms with Crippen molar-refractivity contribution in [3.8, 4) is 0 Å². The molecule has 2 amide bonds. The van der Waals surface area contributed by atoms with Crippen molar-refractivity contribution in [1.82, 2.24) is 0 Å². The Hall–Kier alpha value is -2.60. The van der Waals surface area contributed by atoms with Crippen molar-refractivity contribution in [1.29, 1.82) is 0 Å². The largest absolute Gasteiger partial charge is 0.323 e. The van der Waals surface area contributed by atoms with Gasteiger partial charge < -0.3 is 10.6 Å². The maximum atomic E-state index is 12.0. The van der Waals surface area contributed by atoms with E-state index in [1.165, 1.54) is 18.2 Å². The van der Waals surface area contributed by atoms with Crippen LogP contribution in [-0.4, -0.2) is 11.0 Å². The SMILES string of the molecule is Cc1cc([N+](=O)[O-])ccc1NC(=O)Nc1cccc(Cl)c1C. The Morgan fingerprint density at radius 1 is 1.14 bits per heavy atom. The van der Waals surface area contributed by atoms with Crippen LogP contribution in [-0.2, 0) is 0 Å². The molecule has 0 aliphatic heterocycles. The minimum atomic E-state index is -0.480. The number of hydrogen-bond donors (Lipinski definition) is 2. The number of hydrogen-bond acceptors (Lipinski definition) is 3. The Morgan fingerprint density at radius 3 is 2.45 bits per heavy atom. The first-order chi connectivity index (χ1) is 10.4. The fourth-order valence-electron chi connectivity index (χ4n) is 1.92. The molecule has 0 heterocycles. The molecule has 2 aromatic carbocycles. The fraction of sp³-hybridized carbons (Fsp3) is 0.133. The minimum Gasteiger partial charge on any atom is -0.307 e. The van der Waals surface area contributed by atoms with Crippen molar-refractivity contribution in [3.63, 3.8) is 0 Å². The summed E-state index contributed by atoms with van der Waals surface area (Å²) in [6.07, 6.45) is 0. The minimum absolute atomic E-state index is 0.0193. The predicted octanol–water partition coefficient (Wildman–Crippen LogP) is 4.51. The van der Waals surface area contributed by atoms with Gasteiger partial charge in [0, 0.05) is 28.5 Å². The maximum absolute atomic E-state index is 12.0. The molecule has 0 unspecified atom stereocenters. The number of urea groups is 1. The summed E-state index contributed by atoms with van der Waals surface area (Å²) in [4.78, 5) is 22.2. The lowest BCUT2D eigenvalue weighted by Crippen LogP contribution is -2.20. The zero-order valence-electron chi connectivity index (χ0n) is 12.0. The van der Waals surface area contributed by atoms with Gasteiger partial charge in [0.15, 0.2) is 0 Å². The second kappa shape index (κ2) is 6.44. The van der Waals surface area contributed by atoms with Gasteiger partial charge in [-0.1, -0.05) is 17.7 Å². The number of nitro groups is 1. The van der Waals surface area contributed by atoms with Gasteiger partial charge in [0.25, 0.3) is 5.69 Å². The first-order valence-electron chi connectivity index (χ1n) is 6.46. The van der Waals surface area contributed by atoms with E-state index in [0.29, 0.717) is 22.0 Å². The van der Waals surface area contributed by atoms with Gasteiger partial charge in [0.05, 0.1) is 4.92 Å². The predicted molar refractivity (Wildman–Crippen MR) is 86.7 cm³/mol. The van der Waals surface area contributed by atoms with E-state index in [4.69, 9.17) is 11.6 Å². The van der Waals surface area contributed by atoms with Crippen LogP contribution in [0.2, 0.25) is 5.02 Å². The molecule has 0 aliphatic carbocycles. The molecular formula is C15H14ClN3O3. The van der Waals surface area contributed by atoms with E-state index in [0.717, 1.165) is 5.56 Å². The smallest absolute Gasteiger partial charge is 0.307 e. The summed E-state index contributed by atoms with van der Waals surface area (Å²) in [7, 11) is 0. The molecule has 0 spiro atoms. The molecule has 2 aromatic rings. The zero-order chi connectivity index (χ0) is 16.3. The third-order valence-electron chi connectivity index (χ3n) is 3.18. The molecule has 2 rings (SSSR count). The number of amides is 2. The summed E-state index contributed by atoms with van der Waals surface area (Å²) in [5.74, 6) is 0. The highest BCUT2D eigenvalue weighted by Gasteiger charge is 2.11. The Bertz CT molecular complexity index is 747. The number of non-ortho nitro benzene ring substituents is 1. The zero-order valence-corrected chi connectivity index (χ0v) is 12.8. The summed E-state index contributed by atoms with van der Waals surface area (Å²) in [6.45, 7) is 3.49. The molecular weight excluding hydrogens is 306 g/mol. The van der Waals surface area contributed by atoms with E-state index in [1.807, 2.05) is 0 Å². The van der Waals surface area contributed by atoms with E-state index >= 15 is 0 Å². The van der Waals surface area contributed by atoms with Gasteiger partial charge in [-0.2, -0.15) is 0 Å². The van der Waals surface area contributed by atoms with Crippen molar-refractivity contribution in [3.05, 3.63) is 62.7 Å². The molecule has 6 nitrogen and oxygen atoms in total. The third kappa shape index (κ3) is 3.53. The average Bonchev–Trinajstić information content (AvgIpc) is 2.46. The van der Waals surface area contributed by atoms with Crippen LogP contribution in [0.3, 0.4) is 0 Å². The molecule has 0 atom stereocenters. The molecule has 114 valence electrons. The van der Waals surface area contributed by atoms with Crippen LogP contribution in [0.15, 0.2) is 36.4 Å². The molecule has 0 bridgehead atoms. The number of carbonyl (C=O) groups is 1. The molecule has 0 aliphatic rings. The van der Waals surface area contributed by atoms with Gasteiger partial charge in [-0.3, -0.25) is 10.1 Å². The Balaban J connectivity index is 2.12. The number of aryl methyl sites for hydroxylation is 1. The number of carbonyl (C=O) groups excluding carboxylic acids is 1. The highest BCUT2D eigenvalue weighted by molar-refractivity contribution is 6.31. The summed E-state index contributed by atoms with van der Waals surface area (Å²) in [5.41, 5.74) is 2.45. The number of nitro benzene ring substituents is 1. The standard InChI is InChI=1S/C15H14ClN3O3/c1-9-8-11(19(21)22)6-7-13(9)17-15(20)18-14-5-3-4-12(16)10(14)2/h3-8H,1-2H3,(H2,17,18,20). The van der Waals surface area contributed by atoms with Crippen molar-refractivity contribution in [2.45, 2.75) is 13.8 Å². The molecule has 7 heteroatoms. The van der Waals surface area contributed by atoms with Crippen LogP contribution in [0.5, 0.6) is 0 Å². The van der Waals surface area contributed by atoms with Gasteiger partial charge in [-0.05, 0) is 43.2 Å². The lowest BCUT2D eigenvalue weighted by molar-refractivity contribution is -0.384. The number of nitrogens with one attached hydrogen (secondary N) is 2. The normalized spacial score (nSPS) is 10.1. The summed E-state index contributed by atoms with van der Waals surface area (Å²) in [6, 6.07) is 9.01. The highest BCUT2D eigenvalue weighted by atomic mass is 35.5. The first-order valence-corrected chi connectivity index (χ1v) is 6.84. The van der Waals surface area contributed by atoms with Crippen molar-refractivity contribution >= 4 is 34.7 Å². The topological polar surface area (TPSA) is 84.3 Å². The van der Waals surface area contributed by atoms with Crippen LogP contribution in [0.4, 0.5) is 21.9 Å². The van der Waals surface area contributed by atoms with E-state index in [2.05, 4.69) is 10.6 Å². The van der Waals surface area contributed by atoms with Gasteiger partial charge in [0.2, 0.25) is 0 Å². The van der Waals surface area contributed by atoms with Crippen molar-refractivity contribution < 1.29 is 9.72 Å². The van der Waals surface area contributed by atoms with Crippen LogP contribution in [0.1, 0.15) is 11.1 Å². The lowest BCUT2D eigenvalue weighted by atomic mass is 10.2. The molecule has 2 N–H and O–H groups in total. The number of halogens is 1. The van der Waals surface area contributed by atoms with Crippen molar-refractivity contribution in [2.24, 2.45) is 0 Å². The van der Waals surface area contributed by atoms with E-state index < -0.39 is 11.0 Å². The second-order valence-electron chi connectivity index (χ2n) is 4.75. The van der Waals surface area contributed by atoms with Crippen LogP contribution < -0.4 is 10.6 Å². The highest BCUT2D eigenvalue weighted by Crippen LogP contribution is 2.24. The maximum Gasteiger partial charge on any atom is 0.323 e. The van der Waals surface area contributed by atoms with Crippen LogP contribution in [0, 0.1) is 24.0 Å². The number of anilines is 2. The first kappa shape index (κ1) is 15.8. The fourth-order valence-corrected chi connectivity index (χ4v) is 2.09. The Kier molecular flexibility index (Phi) is 4.62. The molecule has 0 radical (unpaired) electrons. The molecule has 0 saturated heterocycles. The monoisotopic (exact) mass is 319 g/mol. The second-order valence-corrected chi connectivity index (χ2v) is 5.16. The van der Waals surface area contributed by atoms with Crippen molar-refractivity contribution in [2.75, 3.05) is 10.6 Å². The van der Waals surface area contributed by atoms with Gasteiger partial charge in [-0.15, -0.1) is 0 Å². The summed E-state index contributed by atoms with van der Waals surface area (Å²) >= 11 is 5.99. The molecule has 0 aromatic heterocycles. The van der Waals surface area contributed by atoms with Gasteiger partial charge in [-0.25, -0.2) is 4.79 Å². The molecule has 0 saturated carbocycles. The number of benzene rings is 2. The lowest BCUT2D eigenvalue weighted by Gasteiger charge is -2.12. The quantitative estimate of drug-likeness (QED) is 0.644. The average molecular weight is 320 g/mol. The molecule has 0 fully saturated rings. The Labute approximate surface area is 132 Å². The van der Waals surface area contributed by atoms with E-state index in [1.54, 1.807) is 32.0 Å². The van der Waals surface area contributed by atoms with Gasteiger partial charge in [0.1, 0.15) is 0 Å².